The van der Waals surface area contributed by atoms with Crippen LogP contribution < -0.4 is 20.3 Å². The van der Waals surface area contributed by atoms with Gasteiger partial charge in [0.2, 0.25) is 0 Å². The molecule has 33 heavy (non-hydrogen) atoms. The third-order valence-electron chi connectivity index (χ3n) is 3.94. The van der Waals surface area contributed by atoms with Crippen molar-refractivity contribution < 1.29 is 19.1 Å². The summed E-state index contributed by atoms with van der Waals surface area (Å²) in [5, 5.41) is 11.9. The van der Waals surface area contributed by atoms with Gasteiger partial charge in [0.25, 0.3) is 11.8 Å². The normalized spacial score (nSPS) is 11.2. The zero-order valence-corrected chi connectivity index (χ0v) is 20.6. The van der Waals surface area contributed by atoms with Gasteiger partial charge in [-0.3, -0.25) is 9.59 Å². The largest absolute Gasteiger partial charge is 0.488 e. The van der Waals surface area contributed by atoms with Crippen molar-refractivity contribution >= 4 is 58.3 Å². The average Bonchev–Trinajstić information content (AvgIpc) is 3.57. The second kappa shape index (κ2) is 12.9. The van der Waals surface area contributed by atoms with Crippen molar-refractivity contribution in [1.29, 1.82) is 0 Å². The van der Waals surface area contributed by atoms with Crippen molar-refractivity contribution in [2.45, 2.75) is 26.7 Å². The van der Waals surface area contributed by atoms with Crippen molar-refractivity contribution in [3.63, 3.8) is 0 Å². The van der Waals surface area contributed by atoms with E-state index < -0.39 is 11.8 Å². The van der Waals surface area contributed by atoms with Crippen LogP contribution in [-0.4, -0.2) is 37.5 Å². The summed E-state index contributed by atoms with van der Waals surface area (Å²) in [7, 11) is 0. The van der Waals surface area contributed by atoms with E-state index in [-0.39, 0.29) is 21.3 Å². The number of rotatable bonds is 12. The molecule has 0 atom stereocenters. The molecule has 3 aromatic heterocycles. The van der Waals surface area contributed by atoms with Gasteiger partial charge in [-0.15, -0.1) is 34.0 Å². The predicted molar refractivity (Wildman–Crippen MR) is 135 cm³/mol. The molecule has 0 aromatic carbocycles. The van der Waals surface area contributed by atoms with Gasteiger partial charge in [-0.25, -0.2) is 10.9 Å². The molecule has 3 rings (SSSR count). The van der Waals surface area contributed by atoms with Gasteiger partial charge in [-0.2, -0.15) is 10.2 Å². The van der Waals surface area contributed by atoms with E-state index in [1.807, 2.05) is 48.9 Å². The number of hydrogen-bond acceptors (Lipinski definition) is 9. The predicted octanol–water partition coefficient (Wildman–Crippen LogP) is 4.98. The lowest BCUT2D eigenvalue weighted by Gasteiger charge is -2.10. The van der Waals surface area contributed by atoms with Crippen molar-refractivity contribution in [3.8, 4) is 11.5 Å². The van der Waals surface area contributed by atoms with Crippen LogP contribution in [0.2, 0.25) is 0 Å². The van der Waals surface area contributed by atoms with Crippen LogP contribution in [0.1, 0.15) is 55.8 Å². The molecule has 8 nitrogen and oxygen atoms in total. The molecule has 0 radical (unpaired) electrons. The SMILES string of the molecule is CCCOc1c(C(=O)N/N=C\c2cccs2)sc(C(=O)N/N=C/c2cccs2)c1OCCC. The lowest BCUT2D eigenvalue weighted by Crippen LogP contribution is -2.17. The summed E-state index contributed by atoms with van der Waals surface area (Å²) in [6, 6.07) is 7.56. The first-order chi connectivity index (χ1) is 16.1. The molecule has 2 N–H and O–H groups in total. The molecule has 3 heterocycles. The molecule has 3 aromatic rings. The van der Waals surface area contributed by atoms with Crippen LogP contribution in [0.4, 0.5) is 0 Å². The van der Waals surface area contributed by atoms with E-state index in [0.29, 0.717) is 13.2 Å². The summed E-state index contributed by atoms with van der Waals surface area (Å²) in [5.41, 5.74) is 5.01. The molecule has 11 heteroatoms. The number of ether oxygens (including phenoxy) is 2. The number of carbonyl (C=O) groups is 2. The van der Waals surface area contributed by atoms with E-state index in [9.17, 15) is 9.59 Å². The van der Waals surface area contributed by atoms with Crippen LogP contribution in [0, 0.1) is 0 Å². The van der Waals surface area contributed by atoms with Crippen LogP contribution in [0.15, 0.2) is 45.2 Å². The Labute approximate surface area is 203 Å². The van der Waals surface area contributed by atoms with Crippen LogP contribution >= 0.6 is 34.0 Å². The van der Waals surface area contributed by atoms with Gasteiger partial charge in [0.1, 0.15) is 9.75 Å². The van der Waals surface area contributed by atoms with Crippen LogP contribution in [-0.2, 0) is 0 Å². The van der Waals surface area contributed by atoms with Gasteiger partial charge < -0.3 is 9.47 Å². The maximum atomic E-state index is 12.9. The Hall–Kier alpha value is -3.02. The minimum Gasteiger partial charge on any atom is -0.488 e. The Bertz CT molecular complexity index is 1000. The third kappa shape index (κ3) is 6.98. The first-order valence-corrected chi connectivity index (χ1v) is 12.9. The van der Waals surface area contributed by atoms with Gasteiger partial charge in [0.15, 0.2) is 11.5 Å². The Morgan fingerprint density at radius 3 is 1.67 bits per heavy atom. The summed E-state index contributed by atoms with van der Waals surface area (Å²) in [6.07, 6.45) is 4.58. The molecule has 0 fully saturated rings. The fourth-order valence-electron chi connectivity index (χ4n) is 2.51. The minimum atomic E-state index is -0.485. The molecule has 0 aliphatic heterocycles. The molecule has 0 aliphatic carbocycles. The third-order valence-corrected chi connectivity index (χ3v) is 6.70. The first kappa shape index (κ1) is 24.6. The van der Waals surface area contributed by atoms with Gasteiger partial charge in [-0.1, -0.05) is 26.0 Å². The lowest BCUT2D eigenvalue weighted by atomic mass is 10.3. The molecule has 0 unspecified atom stereocenters. The number of amides is 2. The molecular formula is C22H24N4O4S3. The number of hydrogen-bond donors (Lipinski definition) is 2. The summed E-state index contributed by atoms with van der Waals surface area (Å²) in [4.78, 5) is 28.0. The fourth-order valence-corrected chi connectivity index (χ4v) is 4.65. The summed E-state index contributed by atoms with van der Waals surface area (Å²) in [5.74, 6) is -0.485. The topological polar surface area (TPSA) is 101 Å². The van der Waals surface area contributed by atoms with E-state index in [4.69, 9.17) is 9.47 Å². The average molecular weight is 505 g/mol. The van der Waals surface area contributed by atoms with Crippen molar-refractivity contribution in [1.82, 2.24) is 10.9 Å². The second-order valence-electron chi connectivity index (χ2n) is 6.54. The molecule has 0 saturated heterocycles. The quantitative estimate of drug-likeness (QED) is 0.268. The molecule has 0 saturated carbocycles. The van der Waals surface area contributed by atoms with Gasteiger partial charge in [-0.05, 0) is 35.7 Å². The number of thiophene rings is 3. The highest BCUT2D eigenvalue weighted by Gasteiger charge is 2.29. The summed E-state index contributed by atoms with van der Waals surface area (Å²) >= 11 is 3.99. The number of nitrogens with zero attached hydrogens (tertiary/aromatic N) is 2. The smallest absolute Gasteiger partial charge is 0.285 e. The van der Waals surface area contributed by atoms with Crippen LogP contribution in [0.25, 0.3) is 0 Å². The van der Waals surface area contributed by atoms with E-state index in [2.05, 4.69) is 21.1 Å². The molecular weight excluding hydrogens is 480 g/mol. The first-order valence-electron chi connectivity index (χ1n) is 10.3. The zero-order chi connectivity index (χ0) is 23.5. The lowest BCUT2D eigenvalue weighted by molar-refractivity contribution is 0.0945. The highest BCUT2D eigenvalue weighted by atomic mass is 32.1. The van der Waals surface area contributed by atoms with Gasteiger partial charge in [0.05, 0.1) is 25.6 Å². The Kier molecular flexibility index (Phi) is 9.60. The van der Waals surface area contributed by atoms with Crippen molar-refractivity contribution in [3.05, 3.63) is 54.5 Å². The maximum Gasteiger partial charge on any atom is 0.285 e. The van der Waals surface area contributed by atoms with Crippen molar-refractivity contribution in [2.24, 2.45) is 10.2 Å². The minimum absolute atomic E-state index is 0.213. The van der Waals surface area contributed by atoms with E-state index >= 15 is 0 Å². The number of hydrazone groups is 2. The summed E-state index contributed by atoms with van der Waals surface area (Å²) in [6.45, 7) is 4.65. The standard InChI is InChI=1S/C22H24N4O4S3/c1-3-9-29-17-18(30-10-4-2)20(22(28)26-24-14-16-8-6-12-32-16)33-19(17)21(27)25-23-13-15-7-5-11-31-15/h5-8,11-14H,3-4,9-10H2,1-2H3,(H,25,27)(H,26,28)/b23-13-,24-14+. The molecule has 174 valence electrons. The van der Waals surface area contributed by atoms with E-state index in [1.165, 1.54) is 22.7 Å². The highest BCUT2D eigenvalue weighted by Crippen LogP contribution is 2.42. The van der Waals surface area contributed by atoms with Crippen LogP contribution in [0.5, 0.6) is 11.5 Å². The Morgan fingerprint density at radius 2 is 1.30 bits per heavy atom. The monoisotopic (exact) mass is 504 g/mol. The van der Waals surface area contributed by atoms with Crippen molar-refractivity contribution in [2.75, 3.05) is 13.2 Å². The van der Waals surface area contributed by atoms with Gasteiger partial charge in [0, 0.05) is 9.75 Å². The molecule has 2 amide bonds. The van der Waals surface area contributed by atoms with E-state index in [0.717, 1.165) is 33.9 Å². The second-order valence-corrected chi connectivity index (χ2v) is 9.52. The number of nitrogens with one attached hydrogen (secondary N) is 2. The molecule has 0 spiro atoms. The molecule has 0 bridgehead atoms. The Morgan fingerprint density at radius 1 is 0.848 bits per heavy atom. The van der Waals surface area contributed by atoms with Crippen LogP contribution in [0.3, 0.4) is 0 Å². The highest BCUT2D eigenvalue weighted by molar-refractivity contribution is 7.16. The van der Waals surface area contributed by atoms with Gasteiger partial charge >= 0.3 is 0 Å². The Balaban J connectivity index is 1.85. The fraction of sp³-hybridized carbons (Fsp3) is 0.273. The number of carbonyl (C=O) groups excluding carboxylic acids is 2. The molecule has 0 aliphatic rings. The zero-order valence-electron chi connectivity index (χ0n) is 18.2. The summed E-state index contributed by atoms with van der Waals surface area (Å²) < 4.78 is 11.7. The van der Waals surface area contributed by atoms with E-state index in [1.54, 1.807) is 12.4 Å². The maximum absolute atomic E-state index is 12.9.